The van der Waals surface area contributed by atoms with Crippen molar-refractivity contribution in [1.82, 2.24) is 0 Å². The fourth-order valence-corrected chi connectivity index (χ4v) is 0.204. The second kappa shape index (κ2) is 15.8. The first-order valence-corrected chi connectivity index (χ1v) is 3.23. The zero-order chi connectivity index (χ0) is 5.54. The number of rotatable bonds is 0. The van der Waals surface area contributed by atoms with E-state index >= 15 is 0 Å². The van der Waals surface area contributed by atoms with Crippen molar-refractivity contribution in [3.8, 4) is 0 Å². The highest BCUT2D eigenvalue weighted by atomic mass is 31.0. The van der Waals surface area contributed by atoms with Crippen LogP contribution in [0.4, 0.5) is 0 Å². The van der Waals surface area contributed by atoms with Crippen molar-refractivity contribution < 1.29 is 0 Å². The van der Waals surface area contributed by atoms with E-state index in [4.69, 9.17) is 0 Å². The average Bonchev–Trinajstić information content (AvgIpc) is 1.27. The largest absolute Gasteiger partial charge is 0.153 e. The molecule has 57 valence electrons. The summed E-state index contributed by atoms with van der Waals surface area (Å²) in [5, 5.41) is 0. The highest BCUT2D eigenvalue weighted by Crippen LogP contribution is 2.07. The van der Waals surface area contributed by atoms with Gasteiger partial charge in [-0.1, -0.05) is 46.8 Å². The maximum Gasteiger partial charge on any atom is 0.109 e. The third-order valence-electron chi connectivity index (χ3n) is 0.816. The lowest BCUT2D eigenvalue weighted by Gasteiger charge is -2.03. The van der Waals surface area contributed by atoms with Crippen molar-refractivity contribution in [2.45, 2.75) is 46.8 Å². The van der Waals surface area contributed by atoms with Crippen molar-refractivity contribution in [3.63, 3.8) is 0 Å². The summed E-state index contributed by atoms with van der Waals surface area (Å²) in [4.78, 5) is 0. The molecule has 0 aromatic carbocycles. The normalized spacial score (nSPS) is 11.8. The lowest BCUT2D eigenvalue weighted by atomic mass is 9.58. The van der Waals surface area contributed by atoms with E-state index < -0.39 is 0 Å². The summed E-state index contributed by atoms with van der Waals surface area (Å²) in [5.74, 6) is 0. The molecule has 0 bridgehead atoms. The molecule has 9 heavy (non-hydrogen) atoms. The Morgan fingerprint density at radius 3 is 1.33 bits per heavy atom. The van der Waals surface area contributed by atoms with Gasteiger partial charge in [0.2, 0.25) is 0 Å². The van der Waals surface area contributed by atoms with Gasteiger partial charge in [0, 0.05) is 0 Å². The van der Waals surface area contributed by atoms with Crippen molar-refractivity contribution in [1.29, 1.82) is 0 Å². The van der Waals surface area contributed by atoms with Crippen LogP contribution in [-0.4, -0.2) is 7.28 Å². The Kier molecular flexibility index (Phi) is 28.5. The monoisotopic (exact) mass is 147 g/mol. The number of hydrogen-bond acceptors (Lipinski definition) is 0. The first kappa shape index (κ1) is 16.2. The van der Waals surface area contributed by atoms with Crippen LogP contribution in [0.1, 0.15) is 34.1 Å². The van der Waals surface area contributed by atoms with Gasteiger partial charge in [0.05, 0.1) is 0 Å². The van der Waals surface area contributed by atoms with Gasteiger partial charge in [-0.3, -0.25) is 0 Å². The summed E-state index contributed by atoms with van der Waals surface area (Å²) < 4.78 is 0. The summed E-state index contributed by atoms with van der Waals surface area (Å²) in [6, 6.07) is 0. The second-order valence-corrected chi connectivity index (χ2v) is 1.93. The van der Waals surface area contributed by atoms with Gasteiger partial charge in [-0.2, -0.15) is 9.90 Å². The van der Waals surface area contributed by atoms with E-state index in [1.165, 1.54) is 25.5 Å². The van der Waals surface area contributed by atoms with Crippen molar-refractivity contribution >= 4 is 17.2 Å². The predicted molar refractivity (Wildman–Crippen MR) is 53.8 cm³/mol. The quantitative estimate of drug-likeness (QED) is 0.365. The Bertz CT molecular complexity index is 24.1. The Balaban J connectivity index is -0.0000000680. The molecular weight excluding hydrogens is 126 g/mol. The molecule has 0 nitrogen and oxygen atoms in total. The van der Waals surface area contributed by atoms with Crippen molar-refractivity contribution in [3.05, 3.63) is 0 Å². The minimum atomic E-state index is 0. The topological polar surface area (TPSA) is 0 Å². The van der Waals surface area contributed by atoms with E-state index in [1.54, 1.807) is 0 Å². The van der Waals surface area contributed by atoms with Crippen LogP contribution in [-0.2, 0) is 0 Å². The first-order valence-electron chi connectivity index (χ1n) is 3.23. The highest BCUT2D eigenvalue weighted by Gasteiger charge is 1.97. The third-order valence-corrected chi connectivity index (χ3v) is 0.816. The van der Waals surface area contributed by atoms with Crippen LogP contribution in [0.2, 0.25) is 12.6 Å². The molecule has 0 N–H and O–H groups in total. The molecule has 1 aliphatic heterocycles. The summed E-state index contributed by atoms with van der Waals surface area (Å²) in [7, 11) is 2.31. The van der Waals surface area contributed by atoms with Gasteiger partial charge < -0.3 is 0 Å². The van der Waals surface area contributed by atoms with Crippen LogP contribution in [0.5, 0.6) is 0 Å². The van der Waals surface area contributed by atoms with Crippen LogP contribution < -0.4 is 0 Å². The van der Waals surface area contributed by atoms with Gasteiger partial charge >= 0.3 is 0 Å². The maximum atomic E-state index is 2.31. The van der Waals surface area contributed by atoms with E-state index in [1.807, 2.05) is 0 Å². The van der Waals surface area contributed by atoms with E-state index in [2.05, 4.69) is 21.1 Å². The molecule has 0 saturated carbocycles. The van der Waals surface area contributed by atoms with Crippen LogP contribution in [0.3, 0.4) is 0 Å². The van der Waals surface area contributed by atoms with Gasteiger partial charge in [-0.05, 0) is 0 Å². The van der Waals surface area contributed by atoms with Gasteiger partial charge in [0.1, 0.15) is 7.28 Å². The zero-order valence-electron chi connectivity index (χ0n) is 6.11. The first-order chi connectivity index (χ1) is 3.41. The predicted octanol–water partition coefficient (Wildman–Crippen LogP) is 3.04. The summed E-state index contributed by atoms with van der Waals surface area (Å²) in [6.45, 7) is 4.25. The molecule has 0 spiro atoms. The molecule has 1 rings (SSSR count). The van der Waals surface area contributed by atoms with E-state index in [0.717, 1.165) is 0 Å². The van der Waals surface area contributed by atoms with Gasteiger partial charge in [0.25, 0.3) is 0 Å². The molecule has 2 heteroatoms. The second-order valence-electron chi connectivity index (χ2n) is 1.93. The van der Waals surface area contributed by atoms with E-state index in [-0.39, 0.29) is 17.3 Å². The van der Waals surface area contributed by atoms with E-state index in [0.29, 0.717) is 0 Å². The smallest absolute Gasteiger partial charge is 0.109 e. The van der Waals surface area contributed by atoms with Gasteiger partial charge in [0.15, 0.2) is 0 Å². The summed E-state index contributed by atoms with van der Waals surface area (Å²) in [6.07, 6.45) is 5.44. The highest BCUT2D eigenvalue weighted by molar-refractivity contribution is 6.92. The Labute approximate surface area is 64.7 Å². The Morgan fingerprint density at radius 2 is 1.33 bits per heavy atom. The Morgan fingerprint density at radius 1 is 1.22 bits per heavy atom. The molecule has 1 radical (unpaired) electrons. The van der Waals surface area contributed by atoms with Crippen LogP contribution in [0.15, 0.2) is 0 Å². The van der Waals surface area contributed by atoms with Crippen molar-refractivity contribution in [2.24, 2.45) is 0 Å². The molecule has 0 amide bonds. The molecule has 0 aliphatic carbocycles. The molecule has 1 unspecified atom stereocenters. The Hall–Kier alpha value is 0.495. The molecule has 1 saturated heterocycles. The lowest BCUT2D eigenvalue weighted by Crippen LogP contribution is -1.98. The average molecular weight is 147 g/mol. The third kappa shape index (κ3) is 17.7. The van der Waals surface area contributed by atoms with Crippen LogP contribution >= 0.6 is 9.90 Å². The summed E-state index contributed by atoms with van der Waals surface area (Å²) in [5.41, 5.74) is 0. The minimum Gasteiger partial charge on any atom is -0.153 e. The van der Waals surface area contributed by atoms with Crippen LogP contribution in [0, 0.1) is 0 Å². The molecule has 1 aliphatic rings. The summed E-state index contributed by atoms with van der Waals surface area (Å²) >= 11 is 0. The van der Waals surface area contributed by atoms with Gasteiger partial charge in [-0.25, -0.2) is 0 Å². The SMILES string of the molecule is C.CCC.P.[B]1CCC1. The standard InChI is InChI=1S/C3H6B.C3H8.CH4.H3P/c1-2-4-3-1;1-3-2;;/h1-3H2;3H2,1-2H3;1H4;1H3. The molecule has 1 heterocycles. The minimum absolute atomic E-state index is 0. The fraction of sp³-hybridized carbons (Fsp3) is 1.00. The maximum absolute atomic E-state index is 2.31. The molecule has 0 aromatic heterocycles. The fourth-order valence-electron chi connectivity index (χ4n) is 0.204. The lowest BCUT2D eigenvalue weighted by molar-refractivity contribution is 0.971. The van der Waals surface area contributed by atoms with Crippen LogP contribution in [0.25, 0.3) is 0 Å². The van der Waals surface area contributed by atoms with Crippen molar-refractivity contribution in [2.75, 3.05) is 0 Å². The van der Waals surface area contributed by atoms with E-state index in [9.17, 15) is 0 Å². The molecule has 1 atom stereocenters. The zero-order valence-corrected chi connectivity index (χ0v) is 7.53. The molecule has 1 fully saturated rings. The molecule has 0 aromatic rings. The molecular formula is C7H21BP. The van der Waals surface area contributed by atoms with Gasteiger partial charge in [-0.15, -0.1) is 0 Å². The number of hydrogen-bond donors (Lipinski definition) is 0.